The highest BCUT2D eigenvalue weighted by atomic mass is 27.0. The first-order valence-corrected chi connectivity index (χ1v) is 2.39. The summed E-state index contributed by atoms with van der Waals surface area (Å²) in [6.45, 7) is 0. The van der Waals surface area contributed by atoms with Crippen LogP contribution in [-0.2, 0) is 9.63 Å². The second-order valence-electron chi connectivity index (χ2n) is 1.22. The Balaban J connectivity index is 2.58. The van der Waals surface area contributed by atoms with Crippen molar-refractivity contribution in [3.05, 3.63) is 0 Å². The molecule has 0 aromatic rings. The van der Waals surface area contributed by atoms with Crippen molar-refractivity contribution in [2.24, 2.45) is 5.16 Å². The van der Waals surface area contributed by atoms with Crippen molar-refractivity contribution >= 4 is 26.8 Å². The molecule has 0 spiro atoms. The summed E-state index contributed by atoms with van der Waals surface area (Å²) in [6, 6.07) is 0. The summed E-state index contributed by atoms with van der Waals surface area (Å²) in [6.07, 6.45) is 0.324. The van der Waals surface area contributed by atoms with Crippen LogP contribution in [0.15, 0.2) is 5.16 Å². The molecule has 0 aromatic carbocycles. The highest BCUT2D eigenvalue weighted by Crippen LogP contribution is 1.96. The van der Waals surface area contributed by atoms with Crippen LogP contribution in [-0.4, -0.2) is 26.8 Å². The Labute approximate surface area is 48.7 Å². The molecule has 0 bridgehead atoms. The molecule has 0 N–H and O–H groups in total. The molecule has 0 fully saturated rings. The van der Waals surface area contributed by atoms with E-state index in [2.05, 4.69) is 26.3 Å². The van der Waals surface area contributed by atoms with E-state index in [1.165, 1.54) is 0 Å². The molecular weight excluding hydrogens is 109 g/mol. The molecule has 7 heavy (non-hydrogen) atoms. The fourth-order valence-electron chi connectivity index (χ4n) is 0.322. The van der Waals surface area contributed by atoms with Crippen molar-refractivity contribution in [2.75, 3.05) is 0 Å². The molecule has 0 saturated heterocycles. The lowest BCUT2D eigenvalue weighted by molar-refractivity contribution is -0.140. The van der Waals surface area contributed by atoms with E-state index in [0.717, 1.165) is 0 Å². The Hall–Kier alpha value is -0.328. The first-order chi connectivity index (χ1) is 3.29. The molecule has 1 aliphatic heterocycles. The molecular formula is C3H2AlNO2. The van der Waals surface area contributed by atoms with Crippen LogP contribution in [0.2, 0.25) is 0 Å². The maximum Gasteiger partial charge on any atom is 0.338 e. The minimum atomic E-state index is -0.273. The quantitative estimate of drug-likeness (QED) is 0.309. The van der Waals surface area contributed by atoms with Gasteiger partial charge < -0.3 is 4.84 Å². The number of oxime groups is 1. The van der Waals surface area contributed by atoms with Gasteiger partial charge in [-0.25, -0.2) is 4.79 Å². The number of rotatable bonds is 0. The summed E-state index contributed by atoms with van der Waals surface area (Å²) < 4.78 is 0.671. The molecule has 0 aromatic heterocycles. The molecule has 34 valence electrons. The van der Waals surface area contributed by atoms with Crippen LogP contribution in [0.1, 0.15) is 6.42 Å². The number of carbonyl (C=O) groups excluding carboxylic acids is 1. The maximum absolute atomic E-state index is 10.1. The molecule has 1 heterocycles. The number of nitrogens with zero attached hydrogens (tertiary/aromatic N) is 1. The van der Waals surface area contributed by atoms with Gasteiger partial charge in [0, 0.05) is 0 Å². The van der Waals surface area contributed by atoms with Crippen LogP contribution in [0.25, 0.3) is 0 Å². The monoisotopic (exact) mass is 111 g/mol. The molecule has 1 rings (SSSR count). The molecule has 4 heteroatoms. The van der Waals surface area contributed by atoms with Gasteiger partial charge in [-0.2, -0.15) is 0 Å². The van der Waals surface area contributed by atoms with Crippen LogP contribution in [0.4, 0.5) is 0 Å². The van der Waals surface area contributed by atoms with Gasteiger partial charge in [0.15, 0.2) is 0 Å². The number of carbonyl (C=O) groups is 1. The standard InChI is InChI=1S/C3H2NO2.Al/c5-3-1-2-4-6-3;/h1H2;. The summed E-state index contributed by atoms with van der Waals surface area (Å²) in [4.78, 5) is 14.3. The smallest absolute Gasteiger partial charge is 0.320 e. The molecule has 2 radical (unpaired) electrons. The Morgan fingerprint density at radius 3 is 2.71 bits per heavy atom. The zero-order chi connectivity index (χ0) is 5.28. The predicted octanol–water partition coefficient (Wildman–Crippen LogP) is -0.585. The zero-order valence-electron chi connectivity index (χ0n) is 3.55. The van der Waals surface area contributed by atoms with Gasteiger partial charge in [-0.05, 0) is 4.57 Å². The van der Waals surface area contributed by atoms with E-state index in [1.54, 1.807) is 0 Å². The minimum absolute atomic E-state index is 0.273. The van der Waals surface area contributed by atoms with Gasteiger partial charge in [0.2, 0.25) is 16.3 Å². The van der Waals surface area contributed by atoms with E-state index >= 15 is 0 Å². The van der Waals surface area contributed by atoms with E-state index in [-0.39, 0.29) is 5.97 Å². The van der Waals surface area contributed by atoms with Gasteiger partial charge >= 0.3 is 5.97 Å². The van der Waals surface area contributed by atoms with Crippen molar-refractivity contribution in [1.29, 1.82) is 0 Å². The van der Waals surface area contributed by atoms with Crippen LogP contribution < -0.4 is 0 Å². The van der Waals surface area contributed by atoms with Crippen LogP contribution in [0.5, 0.6) is 0 Å². The lowest BCUT2D eigenvalue weighted by atomic mass is 10.5. The van der Waals surface area contributed by atoms with Gasteiger partial charge in [-0.1, -0.05) is 0 Å². The van der Waals surface area contributed by atoms with Crippen LogP contribution >= 0.6 is 0 Å². The van der Waals surface area contributed by atoms with Gasteiger partial charge in [-0.15, -0.1) is 5.16 Å². The van der Waals surface area contributed by atoms with Crippen molar-refractivity contribution in [3.8, 4) is 0 Å². The first-order valence-electron chi connectivity index (χ1n) is 1.81. The SMILES string of the molecule is O=C1C[C]([Al])=NO1. The van der Waals surface area contributed by atoms with Crippen LogP contribution in [0.3, 0.4) is 0 Å². The van der Waals surface area contributed by atoms with Crippen molar-refractivity contribution in [1.82, 2.24) is 0 Å². The molecule has 0 amide bonds. The van der Waals surface area contributed by atoms with Gasteiger partial charge in [-0.3, -0.25) is 0 Å². The molecule has 0 unspecified atom stereocenters. The fraction of sp³-hybridized carbons (Fsp3) is 0.333. The van der Waals surface area contributed by atoms with Crippen molar-refractivity contribution in [3.63, 3.8) is 0 Å². The van der Waals surface area contributed by atoms with Gasteiger partial charge in [0.1, 0.15) is 0 Å². The zero-order valence-corrected chi connectivity index (χ0v) is 4.70. The summed E-state index contributed by atoms with van der Waals surface area (Å²) in [5.74, 6) is -0.273. The van der Waals surface area contributed by atoms with Crippen LogP contribution in [0, 0.1) is 0 Å². The molecule has 3 nitrogen and oxygen atoms in total. The van der Waals surface area contributed by atoms with Gasteiger partial charge in [0.25, 0.3) is 0 Å². The summed E-state index contributed by atoms with van der Waals surface area (Å²) in [5.41, 5.74) is 0. The summed E-state index contributed by atoms with van der Waals surface area (Å²) in [5, 5.41) is 3.35. The second-order valence-corrected chi connectivity index (χ2v) is 1.89. The van der Waals surface area contributed by atoms with E-state index in [4.69, 9.17) is 0 Å². The third-order valence-electron chi connectivity index (χ3n) is 0.590. The lowest BCUT2D eigenvalue weighted by Gasteiger charge is -1.75. The number of hydrogen-bond acceptors (Lipinski definition) is 3. The van der Waals surface area contributed by atoms with E-state index < -0.39 is 0 Å². The second kappa shape index (κ2) is 1.65. The highest BCUT2D eigenvalue weighted by Gasteiger charge is 2.09. The summed E-state index contributed by atoms with van der Waals surface area (Å²) >= 11 is 2.30. The average molecular weight is 111 g/mol. The Morgan fingerprint density at radius 2 is 2.57 bits per heavy atom. The molecule has 0 saturated carbocycles. The van der Waals surface area contributed by atoms with E-state index in [0.29, 0.717) is 11.0 Å². The molecule has 0 aliphatic carbocycles. The Bertz CT molecular complexity index is 131. The lowest BCUT2D eigenvalue weighted by Crippen LogP contribution is -1.96. The topological polar surface area (TPSA) is 38.7 Å². The third-order valence-corrected chi connectivity index (χ3v) is 0.900. The van der Waals surface area contributed by atoms with Crippen molar-refractivity contribution in [2.45, 2.75) is 6.42 Å². The highest BCUT2D eigenvalue weighted by molar-refractivity contribution is 6.61. The fourth-order valence-corrected chi connectivity index (χ4v) is 0.541. The largest absolute Gasteiger partial charge is 0.338 e. The normalized spacial score (nSPS) is 18.9. The summed E-state index contributed by atoms with van der Waals surface area (Å²) in [7, 11) is 0. The average Bonchev–Trinajstić information content (AvgIpc) is 1.87. The number of hydrogen-bond donors (Lipinski definition) is 0. The third kappa shape index (κ3) is 1.02. The van der Waals surface area contributed by atoms with E-state index in [9.17, 15) is 4.79 Å². The van der Waals surface area contributed by atoms with Crippen molar-refractivity contribution < 1.29 is 9.63 Å². The predicted molar refractivity (Wildman–Crippen MR) is 23.9 cm³/mol. The minimum Gasteiger partial charge on any atom is -0.320 e. The van der Waals surface area contributed by atoms with Gasteiger partial charge in [0.05, 0.1) is 6.42 Å². The van der Waals surface area contributed by atoms with E-state index in [1.807, 2.05) is 0 Å². The molecule has 0 atom stereocenters. The first kappa shape index (κ1) is 4.82. The maximum atomic E-state index is 10.1. The Morgan fingerprint density at radius 1 is 1.86 bits per heavy atom. The Kier molecular flexibility index (Phi) is 1.13. The molecule has 1 aliphatic rings.